The molecule has 1 amide bonds. The van der Waals surface area contributed by atoms with Crippen LogP contribution in [0.2, 0.25) is 0 Å². The zero-order valence-corrected chi connectivity index (χ0v) is 14.5. The SMILES string of the molecule is COc1ccc(CC(=O)Nc2ccc(Nc3ccc(F)c(F)c3)nc2)cc1. The standard InChI is InChI=1S/C20H17F2N3O2/c1-27-16-6-2-13(3-7-16)10-20(26)25-15-5-9-19(23-12-15)24-14-4-8-17(21)18(22)11-14/h2-9,11-12H,10H2,1H3,(H,23,24)(H,25,26). The van der Waals surface area contributed by atoms with Crippen LogP contribution >= 0.6 is 0 Å². The number of carbonyl (C=O) groups is 1. The first-order valence-electron chi connectivity index (χ1n) is 8.14. The molecule has 1 heterocycles. The van der Waals surface area contributed by atoms with Crippen molar-refractivity contribution in [3.8, 4) is 5.75 Å². The highest BCUT2D eigenvalue weighted by Gasteiger charge is 2.06. The van der Waals surface area contributed by atoms with Crippen molar-refractivity contribution in [2.24, 2.45) is 0 Å². The van der Waals surface area contributed by atoms with E-state index in [0.29, 0.717) is 17.2 Å². The van der Waals surface area contributed by atoms with E-state index < -0.39 is 11.6 Å². The number of carbonyl (C=O) groups excluding carboxylic acids is 1. The van der Waals surface area contributed by atoms with Gasteiger partial charge in [-0.1, -0.05) is 12.1 Å². The topological polar surface area (TPSA) is 63.2 Å². The molecule has 1 aromatic heterocycles. The molecule has 0 aliphatic heterocycles. The van der Waals surface area contributed by atoms with Gasteiger partial charge in [0, 0.05) is 11.8 Å². The maximum atomic E-state index is 13.2. The number of ether oxygens (including phenoxy) is 1. The van der Waals surface area contributed by atoms with E-state index in [1.54, 1.807) is 31.4 Å². The van der Waals surface area contributed by atoms with E-state index in [4.69, 9.17) is 4.74 Å². The molecular formula is C20H17F2N3O2. The summed E-state index contributed by atoms with van der Waals surface area (Å²) in [4.78, 5) is 16.3. The molecule has 0 unspecified atom stereocenters. The lowest BCUT2D eigenvalue weighted by molar-refractivity contribution is -0.115. The van der Waals surface area contributed by atoms with Crippen molar-refractivity contribution in [3.63, 3.8) is 0 Å². The lowest BCUT2D eigenvalue weighted by atomic mass is 10.1. The second kappa shape index (κ2) is 8.27. The molecule has 3 rings (SSSR count). The minimum Gasteiger partial charge on any atom is -0.497 e. The summed E-state index contributed by atoms with van der Waals surface area (Å²) < 4.78 is 31.2. The first-order chi connectivity index (χ1) is 13.0. The van der Waals surface area contributed by atoms with E-state index in [1.165, 1.54) is 12.3 Å². The van der Waals surface area contributed by atoms with Gasteiger partial charge in [-0.05, 0) is 42.0 Å². The summed E-state index contributed by atoms with van der Waals surface area (Å²) in [6.07, 6.45) is 1.70. The number of aromatic nitrogens is 1. The molecule has 5 nitrogen and oxygen atoms in total. The number of amides is 1. The molecule has 2 N–H and O–H groups in total. The fraction of sp³-hybridized carbons (Fsp3) is 0.100. The maximum Gasteiger partial charge on any atom is 0.228 e. The summed E-state index contributed by atoms with van der Waals surface area (Å²) >= 11 is 0. The average molecular weight is 369 g/mol. The highest BCUT2D eigenvalue weighted by atomic mass is 19.2. The molecule has 2 aromatic carbocycles. The molecule has 7 heteroatoms. The van der Waals surface area contributed by atoms with Crippen LogP contribution in [0, 0.1) is 11.6 Å². The van der Waals surface area contributed by atoms with Crippen molar-refractivity contribution in [2.45, 2.75) is 6.42 Å². The zero-order chi connectivity index (χ0) is 19.2. The van der Waals surface area contributed by atoms with Crippen molar-refractivity contribution in [3.05, 3.63) is 78.0 Å². The van der Waals surface area contributed by atoms with Crippen molar-refractivity contribution >= 4 is 23.1 Å². The molecule has 0 radical (unpaired) electrons. The third kappa shape index (κ3) is 5.01. The molecular weight excluding hydrogens is 352 g/mol. The van der Waals surface area contributed by atoms with Gasteiger partial charge >= 0.3 is 0 Å². The van der Waals surface area contributed by atoms with E-state index >= 15 is 0 Å². The Labute approximate surface area is 155 Å². The number of nitrogens with zero attached hydrogens (tertiary/aromatic N) is 1. The Morgan fingerprint density at radius 3 is 2.37 bits per heavy atom. The second-order valence-corrected chi connectivity index (χ2v) is 5.76. The highest BCUT2D eigenvalue weighted by molar-refractivity contribution is 5.92. The van der Waals surface area contributed by atoms with Crippen LogP contribution in [0.1, 0.15) is 5.56 Å². The molecule has 0 bridgehead atoms. The number of nitrogens with one attached hydrogen (secondary N) is 2. The number of hydrogen-bond donors (Lipinski definition) is 2. The molecule has 0 atom stereocenters. The summed E-state index contributed by atoms with van der Waals surface area (Å²) in [7, 11) is 1.58. The number of pyridine rings is 1. The van der Waals surface area contributed by atoms with E-state index in [9.17, 15) is 13.6 Å². The lowest BCUT2D eigenvalue weighted by Crippen LogP contribution is -2.14. The van der Waals surface area contributed by atoms with Crippen LogP contribution in [0.25, 0.3) is 0 Å². The number of benzene rings is 2. The van der Waals surface area contributed by atoms with Crippen LogP contribution in [0.5, 0.6) is 5.75 Å². The zero-order valence-electron chi connectivity index (χ0n) is 14.5. The monoisotopic (exact) mass is 369 g/mol. The predicted molar refractivity (Wildman–Crippen MR) is 99.2 cm³/mol. The van der Waals surface area contributed by atoms with Crippen molar-refractivity contribution in [1.82, 2.24) is 4.98 Å². The molecule has 0 aliphatic rings. The Morgan fingerprint density at radius 1 is 1.00 bits per heavy atom. The van der Waals surface area contributed by atoms with Gasteiger partial charge in [0.2, 0.25) is 5.91 Å². The summed E-state index contributed by atoms with van der Waals surface area (Å²) in [5, 5.41) is 5.62. The molecule has 0 aliphatic carbocycles. The Kier molecular flexibility index (Phi) is 5.61. The van der Waals surface area contributed by atoms with Crippen molar-refractivity contribution in [2.75, 3.05) is 17.7 Å². The first kappa shape index (κ1) is 18.3. The predicted octanol–water partition coefficient (Wildman–Crippen LogP) is 4.29. The van der Waals surface area contributed by atoms with Crippen LogP contribution < -0.4 is 15.4 Å². The quantitative estimate of drug-likeness (QED) is 0.680. The van der Waals surface area contributed by atoms with Gasteiger partial charge in [0.1, 0.15) is 11.6 Å². The third-order valence-corrected chi connectivity index (χ3v) is 3.76. The van der Waals surface area contributed by atoms with Gasteiger partial charge in [-0.25, -0.2) is 13.8 Å². The van der Waals surface area contributed by atoms with E-state index in [-0.39, 0.29) is 12.3 Å². The number of halogens is 2. The van der Waals surface area contributed by atoms with Crippen LogP contribution in [-0.2, 0) is 11.2 Å². The summed E-state index contributed by atoms with van der Waals surface area (Å²) in [6.45, 7) is 0. The third-order valence-electron chi connectivity index (χ3n) is 3.76. The fourth-order valence-electron chi connectivity index (χ4n) is 2.40. The smallest absolute Gasteiger partial charge is 0.228 e. The highest BCUT2D eigenvalue weighted by Crippen LogP contribution is 2.19. The van der Waals surface area contributed by atoms with Gasteiger partial charge in [0.25, 0.3) is 0 Å². The van der Waals surface area contributed by atoms with E-state index in [0.717, 1.165) is 23.4 Å². The number of rotatable bonds is 6. The second-order valence-electron chi connectivity index (χ2n) is 5.76. The Bertz CT molecular complexity index is 929. The Morgan fingerprint density at radius 2 is 1.74 bits per heavy atom. The Balaban J connectivity index is 1.57. The first-order valence-corrected chi connectivity index (χ1v) is 8.14. The number of anilines is 3. The van der Waals surface area contributed by atoms with Crippen LogP contribution in [-0.4, -0.2) is 18.0 Å². The van der Waals surface area contributed by atoms with Gasteiger partial charge in [0.05, 0.1) is 25.4 Å². The summed E-state index contributed by atoms with van der Waals surface area (Å²) in [5.41, 5.74) is 1.76. The minimum absolute atomic E-state index is 0.178. The number of methoxy groups -OCH3 is 1. The fourth-order valence-corrected chi connectivity index (χ4v) is 2.40. The van der Waals surface area contributed by atoms with Gasteiger partial charge in [0.15, 0.2) is 11.6 Å². The molecule has 3 aromatic rings. The average Bonchev–Trinajstić information content (AvgIpc) is 2.67. The normalized spacial score (nSPS) is 10.3. The van der Waals surface area contributed by atoms with E-state index in [2.05, 4.69) is 15.6 Å². The summed E-state index contributed by atoms with van der Waals surface area (Å²) in [5.74, 6) is -0.865. The molecule has 0 saturated carbocycles. The Hall–Kier alpha value is -3.48. The maximum absolute atomic E-state index is 13.2. The minimum atomic E-state index is -0.942. The largest absolute Gasteiger partial charge is 0.497 e. The van der Waals surface area contributed by atoms with Crippen molar-refractivity contribution in [1.29, 1.82) is 0 Å². The summed E-state index contributed by atoms with van der Waals surface area (Å²) in [6, 6.07) is 14.0. The molecule has 138 valence electrons. The van der Waals surface area contributed by atoms with Gasteiger partial charge < -0.3 is 15.4 Å². The van der Waals surface area contributed by atoms with Crippen molar-refractivity contribution < 1.29 is 18.3 Å². The molecule has 0 saturated heterocycles. The van der Waals surface area contributed by atoms with Gasteiger partial charge in [-0.15, -0.1) is 0 Å². The van der Waals surface area contributed by atoms with Crippen LogP contribution in [0.3, 0.4) is 0 Å². The van der Waals surface area contributed by atoms with E-state index in [1.807, 2.05) is 12.1 Å². The van der Waals surface area contributed by atoms with Gasteiger partial charge in [-0.2, -0.15) is 0 Å². The van der Waals surface area contributed by atoms with Gasteiger partial charge in [-0.3, -0.25) is 4.79 Å². The molecule has 27 heavy (non-hydrogen) atoms. The molecule has 0 fully saturated rings. The number of hydrogen-bond acceptors (Lipinski definition) is 4. The molecule has 0 spiro atoms. The van der Waals surface area contributed by atoms with Crippen LogP contribution in [0.15, 0.2) is 60.8 Å². The lowest BCUT2D eigenvalue weighted by Gasteiger charge is -2.08. The van der Waals surface area contributed by atoms with Crippen LogP contribution in [0.4, 0.5) is 26.0 Å².